The molecule has 0 aliphatic carbocycles. The van der Waals surface area contributed by atoms with Gasteiger partial charge >= 0.3 is 6.61 Å². The molecule has 0 bridgehead atoms. The number of benzene rings is 2. The number of ether oxygens (including phenoxy) is 2. The molecule has 1 aromatic heterocycles. The molecule has 192 valence electrons. The molecule has 3 N–H and O–H groups in total. The summed E-state index contributed by atoms with van der Waals surface area (Å²) in [7, 11) is 1.61. The van der Waals surface area contributed by atoms with Gasteiger partial charge in [-0.05, 0) is 67.9 Å². The van der Waals surface area contributed by atoms with Gasteiger partial charge in [-0.2, -0.15) is 8.78 Å². The number of nitrogens with one attached hydrogen (secondary N) is 2. The number of alkyl halides is 2. The van der Waals surface area contributed by atoms with E-state index in [1.807, 2.05) is 24.3 Å². The minimum absolute atomic E-state index is 0.00998. The van der Waals surface area contributed by atoms with Gasteiger partial charge in [0.2, 0.25) is 5.91 Å². The number of aliphatic hydroxyl groups is 1. The maximum Gasteiger partial charge on any atom is 0.387 e. The normalized spacial score (nSPS) is 15.7. The van der Waals surface area contributed by atoms with Gasteiger partial charge in [0.05, 0.1) is 25.3 Å². The van der Waals surface area contributed by atoms with Crippen LogP contribution in [0.3, 0.4) is 0 Å². The van der Waals surface area contributed by atoms with Crippen molar-refractivity contribution in [2.75, 3.05) is 38.6 Å². The molecule has 10 heteroatoms. The summed E-state index contributed by atoms with van der Waals surface area (Å²) >= 11 is 0. The average molecular weight is 501 g/mol. The van der Waals surface area contributed by atoms with Crippen LogP contribution in [0.5, 0.6) is 11.5 Å². The molecule has 2 aromatic carbocycles. The van der Waals surface area contributed by atoms with E-state index >= 15 is 0 Å². The molecule has 1 aliphatic rings. The van der Waals surface area contributed by atoms with Crippen LogP contribution in [0.2, 0.25) is 0 Å². The molecule has 1 fully saturated rings. The SMILES string of the molecule is COc1ccc2nccc([C@@H](O)CN3CCC(NCC(=O)Nc4cccc(OC(F)F)c4)CC3)c2c1. The van der Waals surface area contributed by atoms with Crippen LogP contribution in [0.25, 0.3) is 10.9 Å². The molecule has 3 aromatic rings. The van der Waals surface area contributed by atoms with Gasteiger partial charge in [0.15, 0.2) is 0 Å². The minimum Gasteiger partial charge on any atom is -0.497 e. The fraction of sp³-hybridized carbons (Fsp3) is 0.385. The number of likely N-dealkylation sites (tertiary alicyclic amines) is 1. The standard InChI is InChI=1S/C26H30F2N4O4/c1-35-19-5-6-23-22(14-19)21(7-10-29-23)24(33)16-32-11-8-17(9-12-32)30-15-25(34)31-18-3-2-4-20(13-18)36-26(27)28/h2-7,10,13-14,17,24,26,30,33H,8-9,11-12,15-16H2,1H3,(H,31,34)/t24-/m0/s1. The number of nitrogens with zero attached hydrogens (tertiary/aromatic N) is 2. The monoisotopic (exact) mass is 500 g/mol. The molecule has 1 saturated heterocycles. The van der Waals surface area contributed by atoms with Crippen molar-refractivity contribution in [3.05, 3.63) is 60.3 Å². The molecule has 1 aliphatic heterocycles. The number of hydrogen-bond donors (Lipinski definition) is 3. The number of anilines is 1. The summed E-state index contributed by atoms with van der Waals surface area (Å²) in [6, 6.07) is 13.5. The van der Waals surface area contributed by atoms with E-state index in [0.717, 1.165) is 42.4 Å². The number of methoxy groups -OCH3 is 1. The Morgan fingerprint density at radius 1 is 1.17 bits per heavy atom. The third-order valence-corrected chi connectivity index (χ3v) is 6.25. The highest BCUT2D eigenvalue weighted by Crippen LogP contribution is 2.28. The van der Waals surface area contributed by atoms with Crippen LogP contribution in [0.4, 0.5) is 14.5 Å². The molecular formula is C26H30F2N4O4. The summed E-state index contributed by atoms with van der Waals surface area (Å²) in [4.78, 5) is 18.9. The van der Waals surface area contributed by atoms with Crippen molar-refractivity contribution in [3.8, 4) is 11.5 Å². The van der Waals surface area contributed by atoms with Gasteiger partial charge in [-0.3, -0.25) is 9.78 Å². The molecule has 36 heavy (non-hydrogen) atoms. The third-order valence-electron chi connectivity index (χ3n) is 6.25. The van der Waals surface area contributed by atoms with E-state index in [0.29, 0.717) is 18.0 Å². The Labute approximate surface area is 208 Å². The number of amides is 1. The molecule has 8 nitrogen and oxygen atoms in total. The summed E-state index contributed by atoms with van der Waals surface area (Å²) < 4.78 is 34.4. The first-order valence-corrected chi connectivity index (χ1v) is 11.8. The van der Waals surface area contributed by atoms with Crippen LogP contribution in [-0.2, 0) is 4.79 Å². The van der Waals surface area contributed by atoms with Crippen LogP contribution < -0.4 is 20.1 Å². The molecule has 1 amide bonds. The Hall–Kier alpha value is -3.34. The van der Waals surface area contributed by atoms with Crippen LogP contribution >= 0.6 is 0 Å². The molecule has 2 heterocycles. The molecule has 1 atom stereocenters. The topological polar surface area (TPSA) is 96.0 Å². The lowest BCUT2D eigenvalue weighted by atomic mass is 10.0. The number of β-amino-alcohol motifs (C(OH)–C–C–N with tert-alkyl or cyclic N) is 1. The van der Waals surface area contributed by atoms with E-state index < -0.39 is 12.7 Å². The Kier molecular flexibility index (Phi) is 8.63. The molecule has 0 saturated carbocycles. The second kappa shape index (κ2) is 12.1. The second-order valence-electron chi connectivity index (χ2n) is 8.71. The lowest BCUT2D eigenvalue weighted by Crippen LogP contribution is -2.45. The molecule has 0 unspecified atom stereocenters. The number of carbonyl (C=O) groups excluding carboxylic acids is 1. The zero-order valence-electron chi connectivity index (χ0n) is 20.0. The van der Waals surface area contributed by atoms with Gasteiger partial charge in [0.25, 0.3) is 0 Å². The van der Waals surface area contributed by atoms with Gasteiger partial charge < -0.3 is 30.1 Å². The van der Waals surface area contributed by atoms with Crippen LogP contribution in [0.15, 0.2) is 54.7 Å². The highest BCUT2D eigenvalue weighted by molar-refractivity contribution is 5.92. The molecule has 0 radical (unpaired) electrons. The summed E-state index contributed by atoms with van der Waals surface area (Å²) in [6.07, 6.45) is 2.71. The van der Waals surface area contributed by atoms with Crippen molar-refractivity contribution >= 4 is 22.5 Å². The largest absolute Gasteiger partial charge is 0.497 e. The fourth-order valence-electron chi connectivity index (χ4n) is 4.42. The molecule has 0 spiro atoms. The zero-order valence-corrected chi connectivity index (χ0v) is 20.0. The lowest BCUT2D eigenvalue weighted by Gasteiger charge is -2.33. The summed E-state index contributed by atoms with van der Waals surface area (Å²) in [5.41, 5.74) is 2.02. The second-order valence-corrected chi connectivity index (χ2v) is 8.71. The van der Waals surface area contributed by atoms with Crippen LogP contribution in [0.1, 0.15) is 24.5 Å². The lowest BCUT2D eigenvalue weighted by molar-refractivity contribution is -0.115. The smallest absolute Gasteiger partial charge is 0.387 e. The average Bonchev–Trinajstić information content (AvgIpc) is 2.87. The summed E-state index contributed by atoms with van der Waals surface area (Å²) in [5.74, 6) is 0.445. The Bertz CT molecular complexity index is 1170. The maximum absolute atomic E-state index is 12.4. The van der Waals surface area contributed by atoms with E-state index in [1.165, 1.54) is 18.2 Å². The Balaban J connectivity index is 1.23. The third kappa shape index (κ3) is 6.87. The van der Waals surface area contributed by atoms with Gasteiger partial charge in [0, 0.05) is 35.9 Å². The van der Waals surface area contributed by atoms with E-state index in [-0.39, 0.29) is 24.2 Å². The predicted octanol–water partition coefficient (Wildman–Crippen LogP) is 3.57. The first-order valence-electron chi connectivity index (χ1n) is 11.8. The van der Waals surface area contributed by atoms with Crippen LogP contribution in [0, 0.1) is 0 Å². The zero-order chi connectivity index (χ0) is 25.5. The number of carbonyl (C=O) groups is 1. The highest BCUT2D eigenvalue weighted by atomic mass is 19.3. The number of pyridine rings is 1. The van der Waals surface area contributed by atoms with Crippen LogP contribution in [-0.4, -0.2) is 66.8 Å². The summed E-state index contributed by atoms with van der Waals surface area (Å²) in [5, 5.41) is 17.8. The quantitative estimate of drug-likeness (QED) is 0.392. The van der Waals surface area contributed by atoms with Gasteiger partial charge in [-0.15, -0.1) is 0 Å². The van der Waals surface area contributed by atoms with Gasteiger partial charge in [-0.1, -0.05) is 6.07 Å². The highest BCUT2D eigenvalue weighted by Gasteiger charge is 2.23. The van der Waals surface area contributed by atoms with Crippen molar-refractivity contribution in [2.45, 2.75) is 31.6 Å². The van der Waals surface area contributed by atoms with Crippen molar-refractivity contribution in [3.63, 3.8) is 0 Å². The first kappa shape index (κ1) is 25.7. The number of aliphatic hydroxyl groups excluding tert-OH is 1. The number of piperidine rings is 1. The number of rotatable bonds is 10. The van der Waals surface area contributed by atoms with E-state index in [2.05, 4.69) is 25.3 Å². The van der Waals surface area contributed by atoms with E-state index in [1.54, 1.807) is 19.4 Å². The van der Waals surface area contributed by atoms with Gasteiger partial charge in [-0.25, -0.2) is 0 Å². The summed E-state index contributed by atoms with van der Waals surface area (Å²) in [6.45, 7) is -0.735. The number of aromatic nitrogens is 1. The van der Waals surface area contributed by atoms with E-state index in [9.17, 15) is 18.7 Å². The van der Waals surface area contributed by atoms with Crippen molar-refractivity contribution < 1.29 is 28.2 Å². The number of halogens is 2. The molecule has 4 rings (SSSR count). The van der Waals surface area contributed by atoms with E-state index in [4.69, 9.17) is 4.74 Å². The van der Waals surface area contributed by atoms with Crippen molar-refractivity contribution in [1.29, 1.82) is 0 Å². The van der Waals surface area contributed by atoms with Crippen molar-refractivity contribution in [1.82, 2.24) is 15.2 Å². The predicted molar refractivity (Wildman–Crippen MR) is 132 cm³/mol. The Morgan fingerprint density at radius 2 is 1.97 bits per heavy atom. The first-order chi connectivity index (χ1) is 17.4. The maximum atomic E-state index is 12.4. The van der Waals surface area contributed by atoms with Gasteiger partial charge in [0.1, 0.15) is 11.5 Å². The fourth-order valence-corrected chi connectivity index (χ4v) is 4.42. The minimum atomic E-state index is -2.92. The number of hydrogen-bond acceptors (Lipinski definition) is 7. The Morgan fingerprint density at radius 3 is 2.72 bits per heavy atom. The van der Waals surface area contributed by atoms with Crippen molar-refractivity contribution in [2.24, 2.45) is 0 Å². The molecular weight excluding hydrogens is 470 g/mol. The number of fused-ring (bicyclic) bond motifs is 1.